The van der Waals surface area contributed by atoms with E-state index in [1.807, 2.05) is 24.3 Å². The highest BCUT2D eigenvalue weighted by Gasteiger charge is 2.22. The molecule has 3 N–H and O–H groups in total. The number of hydrogen-bond donors (Lipinski definition) is 2. The van der Waals surface area contributed by atoms with Crippen LogP contribution in [0.4, 0.5) is 5.69 Å². The fourth-order valence-corrected chi connectivity index (χ4v) is 2.64. The van der Waals surface area contributed by atoms with Crippen molar-refractivity contribution in [3.8, 4) is 11.5 Å². The van der Waals surface area contributed by atoms with Gasteiger partial charge in [-0.1, -0.05) is 26.0 Å². The van der Waals surface area contributed by atoms with E-state index in [4.69, 9.17) is 15.2 Å². The van der Waals surface area contributed by atoms with Crippen molar-refractivity contribution in [3.05, 3.63) is 53.1 Å². The van der Waals surface area contributed by atoms with Crippen LogP contribution >= 0.6 is 24.0 Å². The first-order valence-electron chi connectivity index (χ1n) is 8.63. The van der Waals surface area contributed by atoms with Crippen molar-refractivity contribution in [2.75, 3.05) is 26.1 Å². The van der Waals surface area contributed by atoms with E-state index in [0.29, 0.717) is 24.0 Å². The molecule has 0 fully saturated rings. The van der Waals surface area contributed by atoms with Crippen LogP contribution in [0, 0.1) is 13.8 Å². The molecule has 0 saturated heterocycles. The van der Waals surface area contributed by atoms with Gasteiger partial charge in [-0.3, -0.25) is 4.99 Å². The van der Waals surface area contributed by atoms with Crippen LogP contribution in [0.2, 0.25) is 0 Å². The first-order chi connectivity index (χ1) is 12.3. The fourth-order valence-electron chi connectivity index (χ4n) is 2.64. The van der Waals surface area contributed by atoms with Gasteiger partial charge in [-0.05, 0) is 54.8 Å². The average Bonchev–Trinajstić information content (AvgIpc) is 2.62. The van der Waals surface area contributed by atoms with Crippen LogP contribution < -0.4 is 20.5 Å². The third-order valence-corrected chi connectivity index (χ3v) is 4.59. The molecular weight excluding hydrogens is 453 g/mol. The molecule has 0 spiro atoms. The van der Waals surface area contributed by atoms with Gasteiger partial charge < -0.3 is 20.5 Å². The van der Waals surface area contributed by atoms with Crippen LogP contribution in [0.5, 0.6) is 11.5 Å². The van der Waals surface area contributed by atoms with Gasteiger partial charge in [0.2, 0.25) is 0 Å². The summed E-state index contributed by atoms with van der Waals surface area (Å²) >= 11 is 0. The van der Waals surface area contributed by atoms with E-state index in [0.717, 1.165) is 11.3 Å². The number of nitrogens with one attached hydrogen (secondary N) is 1. The molecule has 0 heterocycles. The van der Waals surface area contributed by atoms with E-state index in [-0.39, 0.29) is 29.4 Å². The number of aliphatic imine (C=N–C) groups is 1. The second-order valence-electron chi connectivity index (χ2n) is 7.08. The van der Waals surface area contributed by atoms with Crippen molar-refractivity contribution in [2.45, 2.75) is 33.1 Å². The van der Waals surface area contributed by atoms with E-state index in [1.54, 1.807) is 14.2 Å². The normalized spacial score (nSPS) is 11.6. The van der Waals surface area contributed by atoms with Gasteiger partial charge in [0.05, 0.1) is 20.8 Å². The Morgan fingerprint density at radius 1 is 1.00 bits per heavy atom. The van der Waals surface area contributed by atoms with Gasteiger partial charge in [0.25, 0.3) is 0 Å². The van der Waals surface area contributed by atoms with E-state index in [1.165, 1.54) is 11.1 Å². The molecule has 0 amide bonds. The average molecular weight is 483 g/mol. The fraction of sp³-hybridized carbons (Fsp3) is 0.381. The van der Waals surface area contributed by atoms with E-state index < -0.39 is 0 Å². The molecule has 0 aliphatic carbocycles. The zero-order valence-corrected chi connectivity index (χ0v) is 19.3. The molecule has 0 unspecified atom stereocenters. The first-order valence-corrected chi connectivity index (χ1v) is 8.63. The molecule has 0 saturated carbocycles. The minimum Gasteiger partial charge on any atom is -0.493 e. The number of benzene rings is 2. The maximum absolute atomic E-state index is 6.08. The molecule has 148 valence electrons. The molecule has 0 atom stereocenters. The molecule has 0 radical (unpaired) electrons. The van der Waals surface area contributed by atoms with E-state index in [9.17, 15) is 0 Å². The lowest BCUT2D eigenvalue weighted by Gasteiger charge is -2.24. The predicted molar refractivity (Wildman–Crippen MR) is 124 cm³/mol. The minimum atomic E-state index is -0.199. The second-order valence-corrected chi connectivity index (χ2v) is 7.08. The molecule has 0 aliphatic rings. The number of aryl methyl sites for hydroxylation is 2. The summed E-state index contributed by atoms with van der Waals surface area (Å²) in [7, 11) is 3.27. The van der Waals surface area contributed by atoms with Gasteiger partial charge in [0, 0.05) is 11.1 Å². The third kappa shape index (κ3) is 6.02. The van der Waals surface area contributed by atoms with Gasteiger partial charge in [-0.2, -0.15) is 0 Å². The number of halogens is 1. The summed E-state index contributed by atoms with van der Waals surface area (Å²) in [6.45, 7) is 8.96. The summed E-state index contributed by atoms with van der Waals surface area (Å²) in [6.07, 6.45) is 0. The summed E-state index contributed by atoms with van der Waals surface area (Å²) in [6, 6.07) is 12.1. The molecule has 2 aromatic rings. The van der Waals surface area contributed by atoms with Crippen LogP contribution in [0.3, 0.4) is 0 Å². The van der Waals surface area contributed by atoms with Crippen molar-refractivity contribution >= 4 is 35.6 Å². The highest BCUT2D eigenvalue weighted by atomic mass is 127. The summed E-state index contributed by atoms with van der Waals surface area (Å²) in [5.74, 6) is 1.83. The lowest BCUT2D eigenvalue weighted by Crippen LogP contribution is -2.27. The Morgan fingerprint density at radius 2 is 1.67 bits per heavy atom. The number of anilines is 1. The van der Waals surface area contributed by atoms with Gasteiger partial charge in [-0.25, -0.2) is 0 Å². The van der Waals surface area contributed by atoms with Crippen LogP contribution in [-0.4, -0.2) is 26.7 Å². The molecule has 0 bridgehead atoms. The number of rotatable bonds is 6. The van der Waals surface area contributed by atoms with Gasteiger partial charge >= 0.3 is 0 Å². The number of ether oxygens (including phenoxy) is 2. The maximum atomic E-state index is 6.08. The Bertz CT molecular complexity index is 804. The van der Waals surface area contributed by atoms with Crippen molar-refractivity contribution in [3.63, 3.8) is 0 Å². The summed E-state index contributed by atoms with van der Waals surface area (Å²) < 4.78 is 10.7. The van der Waals surface area contributed by atoms with Crippen molar-refractivity contribution in [1.29, 1.82) is 0 Å². The van der Waals surface area contributed by atoms with E-state index >= 15 is 0 Å². The number of hydrogen-bond acceptors (Lipinski definition) is 3. The number of nitrogens with zero attached hydrogens (tertiary/aromatic N) is 1. The zero-order chi connectivity index (χ0) is 19.3. The molecule has 5 nitrogen and oxygen atoms in total. The summed E-state index contributed by atoms with van der Waals surface area (Å²) in [5, 5.41) is 3.16. The van der Waals surface area contributed by atoms with Crippen molar-refractivity contribution < 1.29 is 9.47 Å². The Labute approximate surface area is 179 Å². The van der Waals surface area contributed by atoms with Crippen LogP contribution in [-0.2, 0) is 5.41 Å². The first kappa shape index (κ1) is 23.1. The van der Waals surface area contributed by atoms with E-state index in [2.05, 4.69) is 50.1 Å². The number of methoxy groups -OCH3 is 2. The topological polar surface area (TPSA) is 68.9 Å². The monoisotopic (exact) mass is 483 g/mol. The maximum Gasteiger partial charge on any atom is 0.193 e. The lowest BCUT2D eigenvalue weighted by atomic mass is 9.84. The van der Waals surface area contributed by atoms with Crippen molar-refractivity contribution in [2.24, 2.45) is 10.7 Å². The van der Waals surface area contributed by atoms with Crippen LogP contribution in [0.25, 0.3) is 0 Å². The van der Waals surface area contributed by atoms with Gasteiger partial charge in [0.15, 0.2) is 17.5 Å². The second kappa shape index (κ2) is 9.82. The molecule has 2 rings (SSSR count). The molecule has 0 aliphatic heterocycles. The third-order valence-electron chi connectivity index (χ3n) is 4.59. The quantitative estimate of drug-likeness (QED) is 0.357. The minimum absolute atomic E-state index is 0. The van der Waals surface area contributed by atoms with Crippen LogP contribution in [0.15, 0.2) is 41.4 Å². The highest BCUT2D eigenvalue weighted by Crippen LogP contribution is 2.33. The standard InChI is InChI=1S/C21H29N3O2.HI/c1-14-7-9-17(11-15(14)2)24-20(22)23-13-21(3,4)16-8-10-18(25-5)19(12-16)26-6;/h7-12H,13H2,1-6H3,(H3,22,23,24);1H. The largest absolute Gasteiger partial charge is 0.493 e. The van der Waals surface area contributed by atoms with Crippen LogP contribution in [0.1, 0.15) is 30.5 Å². The Morgan fingerprint density at radius 3 is 2.26 bits per heavy atom. The Balaban J connectivity index is 0.00000364. The number of guanidine groups is 1. The Kier molecular flexibility index (Phi) is 8.40. The summed E-state index contributed by atoms with van der Waals surface area (Å²) in [4.78, 5) is 4.53. The molecule has 6 heteroatoms. The highest BCUT2D eigenvalue weighted by molar-refractivity contribution is 14.0. The molecule has 27 heavy (non-hydrogen) atoms. The SMILES string of the molecule is COc1ccc(C(C)(C)CN=C(N)Nc2ccc(C)c(C)c2)cc1OC.I. The van der Waals surface area contributed by atoms with Gasteiger partial charge in [0.1, 0.15) is 0 Å². The predicted octanol–water partition coefficient (Wildman–Crippen LogP) is 4.64. The number of nitrogens with two attached hydrogens (primary N) is 1. The van der Waals surface area contributed by atoms with Crippen molar-refractivity contribution in [1.82, 2.24) is 0 Å². The Hall–Kier alpha value is -1.96. The lowest BCUT2D eigenvalue weighted by molar-refractivity contribution is 0.353. The molecule has 2 aromatic carbocycles. The molecular formula is C21H30IN3O2. The summed E-state index contributed by atoms with van der Waals surface area (Å²) in [5.41, 5.74) is 10.4. The molecule has 0 aromatic heterocycles. The van der Waals surface area contributed by atoms with Gasteiger partial charge in [-0.15, -0.1) is 24.0 Å². The smallest absolute Gasteiger partial charge is 0.193 e. The zero-order valence-electron chi connectivity index (χ0n) is 16.9.